The van der Waals surface area contributed by atoms with Crippen molar-refractivity contribution in [2.75, 3.05) is 0 Å². The number of rotatable bonds is 1. The maximum Gasteiger partial charge on any atom is 0.134 e. The second kappa shape index (κ2) is 6.77. The van der Waals surface area contributed by atoms with Gasteiger partial charge in [-0.05, 0) is 41.7 Å². The Morgan fingerprint density at radius 1 is 1.14 bits per heavy atom. The van der Waals surface area contributed by atoms with Crippen molar-refractivity contribution >= 4 is 17.3 Å². The monoisotopic (exact) mass is 301 g/mol. The number of hydrogen-bond acceptors (Lipinski definition) is 2. The summed E-state index contributed by atoms with van der Waals surface area (Å²) in [6, 6.07) is 13.4. The Kier molecular flexibility index (Phi) is 5.03. The van der Waals surface area contributed by atoms with Gasteiger partial charge in [-0.2, -0.15) is 0 Å². The average molecular weight is 302 g/mol. The number of benzene rings is 2. The highest BCUT2D eigenvalue weighted by atomic mass is 35.5. The highest BCUT2D eigenvalue weighted by molar-refractivity contribution is 6.32. The number of halogens is 1. The molecule has 0 saturated carbocycles. The van der Waals surface area contributed by atoms with E-state index in [-0.39, 0.29) is 11.7 Å². The Morgan fingerprint density at radius 3 is 2.57 bits per heavy atom. The molecule has 1 unspecified atom stereocenters. The molecule has 0 fully saturated rings. The molecule has 0 aliphatic heterocycles. The molecule has 2 aromatic rings. The lowest BCUT2D eigenvalue weighted by Gasteiger charge is -2.26. The largest absolute Gasteiger partial charge is 0.506 e. The van der Waals surface area contributed by atoms with E-state index in [9.17, 15) is 5.11 Å². The molecule has 2 N–H and O–H groups in total. The molecular weight excluding hydrogens is 282 g/mol. The summed E-state index contributed by atoms with van der Waals surface area (Å²) in [6.45, 7) is 4.00. The number of phenols is 1. The molecule has 0 bridgehead atoms. The van der Waals surface area contributed by atoms with Gasteiger partial charge in [0.15, 0.2) is 0 Å². The summed E-state index contributed by atoms with van der Waals surface area (Å²) in [7, 11) is 0. The Labute approximate surface area is 130 Å². The summed E-state index contributed by atoms with van der Waals surface area (Å²) in [6.07, 6.45) is 1.69. The summed E-state index contributed by atoms with van der Waals surface area (Å²) in [5, 5.41) is 17.9. The van der Waals surface area contributed by atoms with Crippen LogP contribution >= 0.6 is 11.6 Å². The lowest BCUT2D eigenvalue weighted by molar-refractivity contribution is 0.475. The zero-order valence-corrected chi connectivity index (χ0v) is 13.1. The van der Waals surface area contributed by atoms with Gasteiger partial charge in [0, 0.05) is 11.6 Å². The number of fused-ring (bicyclic) bond motifs is 1. The zero-order valence-electron chi connectivity index (χ0n) is 12.4. The normalized spacial score (nSPS) is 16.7. The van der Waals surface area contributed by atoms with Crippen LogP contribution in [0.5, 0.6) is 5.75 Å². The van der Waals surface area contributed by atoms with Gasteiger partial charge in [0.2, 0.25) is 0 Å². The molecule has 110 valence electrons. The van der Waals surface area contributed by atoms with E-state index in [1.54, 1.807) is 6.07 Å². The SMILES string of the molecule is CC.N=C1CCC(c2ccc(O)c(Cl)c2)c2ccccc21. The molecule has 0 heterocycles. The Morgan fingerprint density at radius 2 is 1.86 bits per heavy atom. The molecule has 1 aliphatic carbocycles. The highest BCUT2D eigenvalue weighted by Crippen LogP contribution is 2.38. The van der Waals surface area contributed by atoms with Crippen LogP contribution in [0.25, 0.3) is 0 Å². The lowest BCUT2D eigenvalue weighted by Crippen LogP contribution is -2.16. The summed E-state index contributed by atoms with van der Waals surface area (Å²) >= 11 is 6.00. The molecule has 21 heavy (non-hydrogen) atoms. The maximum absolute atomic E-state index is 9.51. The van der Waals surface area contributed by atoms with Gasteiger partial charge in [-0.15, -0.1) is 0 Å². The summed E-state index contributed by atoms with van der Waals surface area (Å²) in [4.78, 5) is 0. The van der Waals surface area contributed by atoms with Gasteiger partial charge in [0.1, 0.15) is 5.75 Å². The van der Waals surface area contributed by atoms with E-state index in [0.717, 1.165) is 24.0 Å². The second-order valence-corrected chi connectivity index (χ2v) is 5.28. The van der Waals surface area contributed by atoms with Gasteiger partial charge in [0.05, 0.1) is 5.02 Å². The van der Waals surface area contributed by atoms with Gasteiger partial charge >= 0.3 is 0 Å². The van der Waals surface area contributed by atoms with Gasteiger partial charge in [-0.1, -0.05) is 55.8 Å². The second-order valence-electron chi connectivity index (χ2n) is 4.87. The van der Waals surface area contributed by atoms with Gasteiger partial charge in [-0.25, -0.2) is 0 Å². The van der Waals surface area contributed by atoms with Crippen molar-refractivity contribution in [1.82, 2.24) is 0 Å². The van der Waals surface area contributed by atoms with Gasteiger partial charge < -0.3 is 10.5 Å². The van der Waals surface area contributed by atoms with Crippen molar-refractivity contribution in [3.05, 3.63) is 64.2 Å². The van der Waals surface area contributed by atoms with E-state index >= 15 is 0 Å². The Bertz CT molecular complexity index is 651. The summed E-state index contributed by atoms with van der Waals surface area (Å²) in [5.41, 5.74) is 4.02. The average Bonchev–Trinajstić information content (AvgIpc) is 2.53. The molecule has 1 aliphatic rings. The van der Waals surface area contributed by atoms with Crippen molar-refractivity contribution in [3.8, 4) is 5.75 Å². The third kappa shape index (κ3) is 3.11. The highest BCUT2D eigenvalue weighted by Gasteiger charge is 2.24. The molecule has 0 spiro atoms. The smallest absolute Gasteiger partial charge is 0.134 e. The third-order valence-corrected chi connectivity index (χ3v) is 4.02. The standard InChI is InChI=1S/C16H14ClNO.C2H6/c17-14-9-10(5-8-16(14)19)11-6-7-15(18)13-4-2-1-3-12(11)13;1-2/h1-5,8-9,11,18-19H,6-7H2;1-2H3. The van der Waals surface area contributed by atoms with Crippen LogP contribution in [0.15, 0.2) is 42.5 Å². The van der Waals surface area contributed by atoms with Crippen LogP contribution < -0.4 is 0 Å². The molecule has 1 atom stereocenters. The maximum atomic E-state index is 9.51. The zero-order chi connectivity index (χ0) is 15.4. The molecule has 3 heteroatoms. The van der Waals surface area contributed by atoms with Crippen LogP contribution in [0.3, 0.4) is 0 Å². The van der Waals surface area contributed by atoms with E-state index in [0.29, 0.717) is 10.7 Å². The molecule has 2 aromatic carbocycles. The molecule has 0 amide bonds. The van der Waals surface area contributed by atoms with Crippen LogP contribution in [-0.4, -0.2) is 10.8 Å². The molecule has 0 radical (unpaired) electrons. The van der Waals surface area contributed by atoms with Crippen molar-refractivity contribution in [3.63, 3.8) is 0 Å². The minimum Gasteiger partial charge on any atom is -0.506 e. The van der Waals surface area contributed by atoms with E-state index in [2.05, 4.69) is 6.07 Å². The minimum absolute atomic E-state index is 0.113. The van der Waals surface area contributed by atoms with Gasteiger partial charge in [0.25, 0.3) is 0 Å². The Hall–Kier alpha value is -1.80. The van der Waals surface area contributed by atoms with Crippen LogP contribution in [0.4, 0.5) is 0 Å². The lowest BCUT2D eigenvalue weighted by atomic mass is 9.78. The predicted octanol–water partition coefficient (Wildman–Crippen LogP) is 5.37. The summed E-state index contributed by atoms with van der Waals surface area (Å²) < 4.78 is 0. The molecule has 3 rings (SSSR count). The summed E-state index contributed by atoms with van der Waals surface area (Å²) in [5.74, 6) is 0.366. The van der Waals surface area contributed by atoms with Crippen LogP contribution in [-0.2, 0) is 0 Å². The first-order chi connectivity index (χ1) is 10.2. The minimum atomic E-state index is 0.113. The number of nitrogens with one attached hydrogen (secondary N) is 1. The molecule has 2 nitrogen and oxygen atoms in total. The third-order valence-electron chi connectivity index (χ3n) is 3.72. The molecular formula is C18H20ClNO. The number of aromatic hydroxyl groups is 1. The predicted molar refractivity (Wildman–Crippen MR) is 88.8 cm³/mol. The van der Waals surface area contributed by atoms with Crippen molar-refractivity contribution < 1.29 is 5.11 Å². The topological polar surface area (TPSA) is 44.1 Å². The quantitative estimate of drug-likeness (QED) is 0.731. The fourth-order valence-corrected chi connectivity index (χ4v) is 2.93. The first-order valence-corrected chi connectivity index (χ1v) is 7.70. The van der Waals surface area contributed by atoms with E-state index in [4.69, 9.17) is 17.0 Å². The van der Waals surface area contributed by atoms with Crippen LogP contribution in [0.2, 0.25) is 5.02 Å². The molecule has 0 aromatic heterocycles. The fourth-order valence-electron chi connectivity index (χ4n) is 2.74. The first-order valence-electron chi connectivity index (χ1n) is 7.32. The number of phenolic OH excluding ortho intramolecular Hbond substituents is 1. The van der Waals surface area contributed by atoms with Crippen LogP contribution in [0.1, 0.15) is 49.3 Å². The van der Waals surface area contributed by atoms with Gasteiger partial charge in [-0.3, -0.25) is 0 Å². The Balaban J connectivity index is 0.000000774. The van der Waals surface area contributed by atoms with Crippen molar-refractivity contribution in [2.45, 2.75) is 32.6 Å². The van der Waals surface area contributed by atoms with Crippen molar-refractivity contribution in [1.29, 1.82) is 5.41 Å². The van der Waals surface area contributed by atoms with Crippen LogP contribution in [0, 0.1) is 5.41 Å². The van der Waals surface area contributed by atoms with Crippen molar-refractivity contribution in [2.24, 2.45) is 0 Å². The molecule has 0 saturated heterocycles. The fraction of sp³-hybridized carbons (Fsp3) is 0.278. The first kappa shape index (κ1) is 15.6. The van der Waals surface area contributed by atoms with E-state index < -0.39 is 0 Å². The number of hydrogen-bond donors (Lipinski definition) is 2. The van der Waals surface area contributed by atoms with E-state index in [1.165, 1.54) is 5.56 Å². The van der Waals surface area contributed by atoms with E-state index in [1.807, 2.05) is 44.2 Å².